The summed E-state index contributed by atoms with van der Waals surface area (Å²) in [5.41, 5.74) is 27.7. The van der Waals surface area contributed by atoms with Crippen LogP contribution in [0.5, 0.6) is 0 Å². The standard InChI is InChI=1S/C60H42B2I2/c1-59(2,3)47-27-39-43-25-35(63)23-41-37-21-34(32-15-11-8-12-16-32)18-20-50(37)62(57(41)43)52-30-46-48(60(4,5)6)28-40-44-26-36(64)24-42-38-22-33(31-13-9-7-10-14-31)17-19-49(38)61(58(42)44)51-29-45(47)55(53(39)52)56(46)54(40)51/h7-30H,1-6H3. The summed E-state index contributed by atoms with van der Waals surface area (Å²) < 4.78 is 2.58. The molecule has 302 valence electrons. The maximum atomic E-state index is 2.69. The Balaban J connectivity index is 1.14. The lowest BCUT2D eigenvalue weighted by Crippen LogP contribution is -2.53. The maximum Gasteiger partial charge on any atom is 0.244 e. The van der Waals surface area contributed by atoms with Gasteiger partial charge in [-0.1, -0.05) is 171 Å². The van der Waals surface area contributed by atoms with Crippen LogP contribution in [0, 0.1) is 7.14 Å². The van der Waals surface area contributed by atoms with Crippen molar-refractivity contribution in [2.45, 2.75) is 52.4 Å². The Labute approximate surface area is 403 Å². The highest BCUT2D eigenvalue weighted by Crippen LogP contribution is 2.51. The van der Waals surface area contributed by atoms with Crippen LogP contribution in [0.4, 0.5) is 0 Å². The third-order valence-electron chi connectivity index (χ3n) is 15.4. The van der Waals surface area contributed by atoms with Crippen LogP contribution in [0.3, 0.4) is 0 Å². The molecule has 0 spiro atoms. The van der Waals surface area contributed by atoms with Crippen LogP contribution in [-0.2, 0) is 10.8 Å². The second kappa shape index (κ2) is 12.8. The first kappa shape index (κ1) is 38.1. The lowest BCUT2D eigenvalue weighted by molar-refractivity contribution is 0.595. The third-order valence-corrected chi connectivity index (χ3v) is 16.6. The highest BCUT2D eigenvalue weighted by Gasteiger charge is 2.45. The average Bonchev–Trinajstić information content (AvgIpc) is 3.78. The van der Waals surface area contributed by atoms with Crippen LogP contribution < -0.4 is 32.8 Å². The number of benzene rings is 10. The van der Waals surface area contributed by atoms with Crippen LogP contribution >= 0.6 is 45.2 Å². The summed E-state index contributed by atoms with van der Waals surface area (Å²) in [4.78, 5) is 0. The molecule has 0 aromatic heterocycles. The largest absolute Gasteiger partial charge is 0.244 e. The molecule has 0 fully saturated rings. The molecule has 64 heavy (non-hydrogen) atoms. The van der Waals surface area contributed by atoms with Gasteiger partial charge in [-0.05, 0) is 215 Å². The fourth-order valence-electron chi connectivity index (χ4n) is 12.8. The molecule has 4 heteroatoms. The average molecular weight is 1040 g/mol. The summed E-state index contributed by atoms with van der Waals surface area (Å²) in [6, 6.07) is 57.0. The van der Waals surface area contributed by atoms with Gasteiger partial charge in [0.05, 0.1) is 0 Å². The molecule has 4 heterocycles. The number of rotatable bonds is 2. The van der Waals surface area contributed by atoms with E-state index in [0.29, 0.717) is 0 Å². The van der Waals surface area contributed by atoms with Gasteiger partial charge >= 0.3 is 0 Å². The molecule has 10 aromatic rings. The fraction of sp³-hybridized carbons (Fsp3) is 0.133. The topological polar surface area (TPSA) is 0 Å². The molecule has 14 rings (SSSR count). The van der Waals surface area contributed by atoms with Crippen molar-refractivity contribution in [2.75, 3.05) is 0 Å². The SMILES string of the molecule is CC(C)(C)c1cc2c3c(cc4c(C(C)(C)C)cc5c6c(cc1c3c46)B1c3ccc(-c4ccccc4)cc3-c3cc(I)cc-5c31)B1c3ccc(-c4ccccc4)cc3-c3cc(I)cc-2c31. The molecular formula is C60H42B2I2. The molecule has 4 aliphatic heterocycles. The van der Waals surface area contributed by atoms with Crippen molar-refractivity contribution in [3.8, 4) is 66.8 Å². The van der Waals surface area contributed by atoms with Gasteiger partial charge in [0.25, 0.3) is 0 Å². The Bertz CT molecular complexity index is 3510. The van der Waals surface area contributed by atoms with Crippen molar-refractivity contribution < 1.29 is 0 Å². The van der Waals surface area contributed by atoms with E-state index in [2.05, 4.69) is 232 Å². The van der Waals surface area contributed by atoms with Crippen LogP contribution in [0.2, 0.25) is 0 Å². The molecule has 0 N–H and O–H groups in total. The number of fused-ring (bicyclic) bond motifs is 10. The zero-order valence-electron chi connectivity index (χ0n) is 36.8. The van der Waals surface area contributed by atoms with Gasteiger partial charge in [-0.15, -0.1) is 0 Å². The van der Waals surface area contributed by atoms with E-state index in [4.69, 9.17) is 0 Å². The Kier molecular flexibility index (Phi) is 7.62. The van der Waals surface area contributed by atoms with E-state index in [0.717, 1.165) is 0 Å². The lowest BCUT2D eigenvalue weighted by atomic mass is 9.34. The van der Waals surface area contributed by atoms with E-state index in [1.54, 1.807) is 0 Å². The lowest BCUT2D eigenvalue weighted by Gasteiger charge is -2.35. The molecule has 10 aromatic carbocycles. The second-order valence-electron chi connectivity index (χ2n) is 21.0. The molecule has 0 unspecified atom stereocenters. The van der Waals surface area contributed by atoms with Crippen molar-refractivity contribution in [3.05, 3.63) is 164 Å². The molecule has 0 aliphatic carbocycles. The van der Waals surface area contributed by atoms with Crippen LogP contribution in [0.15, 0.2) is 146 Å². The van der Waals surface area contributed by atoms with Gasteiger partial charge in [0, 0.05) is 7.14 Å². The van der Waals surface area contributed by atoms with E-state index in [1.165, 1.54) is 150 Å². The summed E-state index contributed by atoms with van der Waals surface area (Å²) in [7, 11) is 0. The quantitative estimate of drug-likeness (QED) is 0.0920. The van der Waals surface area contributed by atoms with E-state index in [9.17, 15) is 0 Å². The molecule has 0 amide bonds. The van der Waals surface area contributed by atoms with Crippen molar-refractivity contribution in [1.29, 1.82) is 0 Å². The summed E-state index contributed by atoms with van der Waals surface area (Å²) in [5.74, 6) is 0. The number of hydrogen-bond acceptors (Lipinski definition) is 0. The molecule has 0 atom stereocenters. The van der Waals surface area contributed by atoms with Gasteiger partial charge in [0.1, 0.15) is 0 Å². The van der Waals surface area contributed by atoms with Gasteiger partial charge in [-0.3, -0.25) is 0 Å². The van der Waals surface area contributed by atoms with Crippen LogP contribution in [0.25, 0.3) is 99.1 Å². The Hall–Kier alpha value is -5.17. The minimum atomic E-state index is -0.0943. The summed E-state index contributed by atoms with van der Waals surface area (Å²) in [6.07, 6.45) is 0. The van der Waals surface area contributed by atoms with E-state index in [-0.39, 0.29) is 24.3 Å². The fourth-order valence-corrected chi connectivity index (χ4v) is 14.0. The van der Waals surface area contributed by atoms with E-state index < -0.39 is 0 Å². The van der Waals surface area contributed by atoms with Crippen molar-refractivity contribution in [3.63, 3.8) is 0 Å². The Morgan fingerprint density at radius 3 is 1.08 bits per heavy atom. The third kappa shape index (κ3) is 4.97. The first-order valence-electron chi connectivity index (χ1n) is 22.8. The predicted molar refractivity (Wildman–Crippen MR) is 295 cm³/mol. The maximum absolute atomic E-state index is 2.69. The zero-order chi connectivity index (χ0) is 43.3. The van der Waals surface area contributed by atoms with Crippen LogP contribution in [0.1, 0.15) is 52.7 Å². The molecule has 0 bridgehead atoms. The molecule has 0 saturated heterocycles. The molecular weight excluding hydrogens is 996 g/mol. The highest BCUT2D eigenvalue weighted by atomic mass is 127. The molecule has 4 aliphatic rings. The molecule has 0 nitrogen and oxygen atoms in total. The van der Waals surface area contributed by atoms with Gasteiger partial charge in [0.15, 0.2) is 0 Å². The summed E-state index contributed by atoms with van der Waals surface area (Å²) >= 11 is 5.17. The number of halogens is 2. The summed E-state index contributed by atoms with van der Waals surface area (Å²) in [6.45, 7) is 14.9. The normalized spacial score (nSPS) is 13.9. The molecule has 0 radical (unpaired) electrons. The van der Waals surface area contributed by atoms with Crippen molar-refractivity contribution >= 4 is 124 Å². The van der Waals surface area contributed by atoms with E-state index >= 15 is 0 Å². The van der Waals surface area contributed by atoms with Gasteiger partial charge < -0.3 is 0 Å². The zero-order valence-corrected chi connectivity index (χ0v) is 41.1. The minimum absolute atomic E-state index is 0.0943. The van der Waals surface area contributed by atoms with Crippen LogP contribution in [-0.4, -0.2) is 13.4 Å². The van der Waals surface area contributed by atoms with Gasteiger partial charge in [0.2, 0.25) is 13.4 Å². The predicted octanol–water partition coefficient (Wildman–Crippen LogP) is 12.7. The first-order valence-corrected chi connectivity index (χ1v) is 24.9. The Morgan fingerprint density at radius 2 is 0.703 bits per heavy atom. The number of hydrogen-bond donors (Lipinski definition) is 0. The van der Waals surface area contributed by atoms with Gasteiger partial charge in [-0.25, -0.2) is 0 Å². The first-order chi connectivity index (χ1) is 30.8. The van der Waals surface area contributed by atoms with E-state index in [1.807, 2.05) is 0 Å². The second-order valence-corrected chi connectivity index (χ2v) is 23.5. The molecule has 0 saturated carbocycles. The smallest absolute Gasteiger partial charge is 0.0657 e. The highest BCUT2D eigenvalue weighted by molar-refractivity contribution is 14.1. The Morgan fingerprint density at radius 1 is 0.328 bits per heavy atom. The monoisotopic (exact) mass is 1040 g/mol. The van der Waals surface area contributed by atoms with Crippen molar-refractivity contribution in [2.24, 2.45) is 0 Å². The van der Waals surface area contributed by atoms with Crippen molar-refractivity contribution in [1.82, 2.24) is 0 Å². The minimum Gasteiger partial charge on any atom is -0.0657 e. The summed E-state index contributed by atoms with van der Waals surface area (Å²) in [5, 5.41) is 8.70. The van der Waals surface area contributed by atoms with Gasteiger partial charge in [-0.2, -0.15) is 0 Å².